The van der Waals surface area contributed by atoms with Gasteiger partial charge >= 0.3 is 5.97 Å². The quantitative estimate of drug-likeness (QED) is 0.415. The summed E-state index contributed by atoms with van der Waals surface area (Å²) in [7, 11) is -2.67. The fraction of sp³-hybridized carbons (Fsp3) is 0.300. The summed E-state index contributed by atoms with van der Waals surface area (Å²) in [5.41, 5.74) is 1.37. The van der Waals surface area contributed by atoms with E-state index in [9.17, 15) is 18.0 Å². The number of aryl methyl sites for hydroxylation is 1. The molecule has 0 aliphatic rings. The maximum atomic E-state index is 13.2. The van der Waals surface area contributed by atoms with Crippen molar-refractivity contribution in [3.63, 3.8) is 0 Å². The van der Waals surface area contributed by atoms with E-state index in [2.05, 4.69) is 11.6 Å². The largest absolute Gasteiger partial charge is 0.464 e. The normalized spacial score (nSPS) is 12.6. The molecule has 0 bridgehead atoms. The molecule has 1 unspecified atom stereocenters. The third-order valence-corrected chi connectivity index (χ3v) is 6.49. The molecule has 1 aromatic heterocycles. The summed E-state index contributed by atoms with van der Waals surface area (Å²) >= 11 is 0. The lowest BCUT2D eigenvalue weighted by Gasteiger charge is -2.26. The summed E-state index contributed by atoms with van der Waals surface area (Å²) in [6, 6.07) is 6.91. The van der Waals surface area contributed by atoms with Gasteiger partial charge in [0.05, 0.1) is 18.0 Å². The number of methoxy groups -OCH3 is 1. The molecule has 0 aliphatic carbocycles. The van der Waals surface area contributed by atoms with Crippen LogP contribution in [-0.2, 0) is 14.8 Å². The number of carbonyl (C=O) groups is 2. The summed E-state index contributed by atoms with van der Waals surface area (Å²) in [5.74, 6) is -1.00. The number of H-pyrrole nitrogens is 1. The van der Waals surface area contributed by atoms with Gasteiger partial charge in [0.2, 0.25) is 10.0 Å². The van der Waals surface area contributed by atoms with Gasteiger partial charge in [0.25, 0.3) is 0 Å². The molecule has 1 N–H and O–H groups in total. The molecule has 28 heavy (non-hydrogen) atoms. The first-order valence-electron chi connectivity index (χ1n) is 8.66. The predicted octanol–water partition coefficient (Wildman–Crippen LogP) is 2.87. The molecule has 7 nitrogen and oxygen atoms in total. The molecule has 1 aromatic carbocycles. The van der Waals surface area contributed by atoms with Crippen molar-refractivity contribution in [2.24, 2.45) is 0 Å². The van der Waals surface area contributed by atoms with E-state index in [1.807, 2.05) is 0 Å². The number of aromatic amines is 1. The van der Waals surface area contributed by atoms with Crippen molar-refractivity contribution in [2.45, 2.75) is 31.7 Å². The SMILES string of the molecule is C=CCN(C(C)C(=O)c1c(C)[nH]c(C(=O)OC)c1C)S(=O)(=O)c1ccccc1. The van der Waals surface area contributed by atoms with Gasteiger partial charge in [-0.15, -0.1) is 6.58 Å². The van der Waals surface area contributed by atoms with Crippen molar-refractivity contribution in [2.75, 3.05) is 13.7 Å². The van der Waals surface area contributed by atoms with Gasteiger partial charge in [-0.2, -0.15) is 4.31 Å². The standard InChI is InChI=1S/C20H24N2O5S/c1-6-12-22(28(25,26)16-10-8-7-9-11-16)15(4)19(23)17-13(2)18(20(24)27-5)21-14(17)3/h6-11,15,21H,1,12H2,2-5H3. The summed E-state index contributed by atoms with van der Waals surface area (Å²) in [5, 5.41) is 0. The first kappa shape index (κ1) is 21.6. The number of aromatic nitrogens is 1. The maximum absolute atomic E-state index is 13.2. The number of ether oxygens (including phenoxy) is 1. The summed E-state index contributed by atoms with van der Waals surface area (Å²) in [6.07, 6.45) is 1.43. The first-order chi connectivity index (χ1) is 13.2. The summed E-state index contributed by atoms with van der Waals surface area (Å²) < 4.78 is 32.0. The third-order valence-electron chi connectivity index (χ3n) is 4.54. The van der Waals surface area contributed by atoms with E-state index in [0.717, 1.165) is 4.31 Å². The zero-order valence-corrected chi connectivity index (χ0v) is 17.2. The minimum atomic E-state index is -3.92. The summed E-state index contributed by atoms with van der Waals surface area (Å²) in [4.78, 5) is 28.0. The molecule has 1 heterocycles. The Morgan fingerprint density at radius 3 is 2.39 bits per heavy atom. The van der Waals surface area contributed by atoms with Crippen molar-refractivity contribution >= 4 is 21.8 Å². The number of nitrogens with one attached hydrogen (secondary N) is 1. The van der Waals surface area contributed by atoms with Crippen LogP contribution in [0.3, 0.4) is 0 Å². The number of rotatable bonds is 8. The molecule has 0 saturated carbocycles. The zero-order chi connectivity index (χ0) is 21.1. The minimum absolute atomic E-state index is 0.0312. The highest BCUT2D eigenvalue weighted by atomic mass is 32.2. The molecular formula is C20H24N2O5S. The van der Waals surface area contributed by atoms with E-state index < -0.39 is 27.8 Å². The Morgan fingerprint density at radius 2 is 1.86 bits per heavy atom. The highest BCUT2D eigenvalue weighted by Crippen LogP contribution is 2.25. The molecule has 0 amide bonds. The second kappa shape index (κ2) is 8.53. The second-order valence-electron chi connectivity index (χ2n) is 6.33. The van der Waals surface area contributed by atoms with Crippen molar-refractivity contribution in [1.82, 2.24) is 9.29 Å². The Bertz CT molecular complexity index is 993. The Balaban J connectivity index is 2.48. The van der Waals surface area contributed by atoms with Crippen LogP contribution >= 0.6 is 0 Å². The lowest BCUT2D eigenvalue weighted by molar-refractivity contribution is 0.0594. The van der Waals surface area contributed by atoms with Crippen LogP contribution < -0.4 is 0 Å². The number of hydrogen-bond acceptors (Lipinski definition) is 5. The Kier molecular flexibility index (Phi) is 6.58. The van der Waals surface area contributed by atoms with Gasteiger partial charge in [0.1, 0.15) is 5.69 Å². The second-order valence-corrected chi connectivity index (χ2v) is 8.22. The number of nitrogens with zero attached hydrogens (tertiary/aromatic N) is 1. The molecule has 1 atom stereocenters. The van der Waals surface area contributed by atoms with Crippen molar-refractivity contribution in [1.29, 1.82) is 0 Å². The molecule has 0 aliphatic heterocycles. The maximum Gasteiger partial charge on any atom is 0.354 e. The Labute approximate surface area is 165 Å². The van der Waals surface area contributed by atoms with Gasteiger partial charge in [-0.3, -0.25) is 4.79 Å². The number of ketones is 1. The highest BCUT2D eigenvalue weighted by Gasteiger charge is 2.35. The van der Waals surface area contributed by atoms with Crippen molar-refractivity contribution in [3.05, 3.63) is 65.5 Å². The molecular weight excluding hydrogens is 380 g/mol. The van der Waals surface area contributed by atoms with E-state index in [-0.39, 0.29) is 22.7 Å². The van der Waals surface area contributed by atoms with E-state index in [1.165, 1.54) is 32.2 Å². The predicted molar refractivity (Wildman–Crippen MR) is 106 cm³/mol. The molecule has 0 fully saturated rings. The van der Waals surface area contributed by atoms with Crippen molar-refractivity contribution < 1.29 is 22.7 Å². The number of Topliss-reactive ketones (excluding diaryl/α,β-unsaturated/α-hetero) is 1. The molecule has 2 aromatic rings. The van der Waals surface area contributed by atoms with Crippen LogP contribution in [0.4, 0.5) is 0 Å². The van der Waals surface area contributed by atoms with E-state index >= 15 is 0 Å². The lowest BCUT2D eigenvalue weighted by Crippen LogP contribution is -2.43. The fourth-order valence-corrected chi connectivity index (χ4v) is 4.67. The number of hydrogen-bond donors (Lipinski definition) is 1. The van der Waals surface area contributed by atoms with Gasteiger partial charge in [0.15, 0.2) is 5.78 Å². The molecule has 0 radical (unpaired) electrons. The fourth-order valence-electron chi connectivity index (χ4n) is 3.08. The molecule has 2 rings (SSSR count). The molecule has 0 saturated heterocycles. The molecule has 0 spiro atoms. The lowest BCUT2D eigenvalue weighted by atomic mass is 10.0. The first-order valence-corrected chi connectivity index (χ1v) is 10.1. The van der Waals surface area contributed by atoms with Gasteiger partial charge in [-0.1, -0.05) is 24.3 Å². The van der Waals surface area contributed by atoms with Gasteiger partial charge in [-0.05, 0) is 38.5 Å². The topological polar surface area (TPSA) is 96.5 Å². The number of esters is 1. The summed E-state index contributed by atoms with van der Waals surface area (Å²) in [6.45, 7) is 8.38. The average molecular weight is 404 g/mol. The Hall–Kier alpha value is -2.71. The van der Waals surface area contributed by atoms with Crippen LogP contribution in [0.15, 0.2) is 47.9 Å². The van der Waals surface area contributed by atoms with Crippen LogP contribution in [-0.4, -0.2) is 49.2 Å². The van der Waals surface area contributed by atoms with Crippen LogP contribution in [0.25, 0.3) is 0 Å². The van der Waals surface area contributed by atoms with Gasteiger partial charge < -0.3 is 9.72 Å². The van der Waals surface area contributed by atoms with E-state index in [4.69, 9.17) is 4.74 Å². The molecule has 8 heteroatoms. The van der Waals surface area contributed by atoms with Crippen LogP contribution in [0.1, 0.15) is 39.0 Å². The number of benzene rings is 1. The third kappa shape index (κ3) is 3.93. The van der Waals surface area contributed by atoms with Crippen LogP contribution in [0.2, 0.25) is 0 Å². The monoisotopic (exact) mass is 404 g/mol. The van der Waals surface area contributed by atoms with Crippen LogP contribution in [0, 0.1) is 13.8 Å². The zero-order valence-electron chi connectivity index (χ0n) is 16.4. The highest BCUT2D eigenvalue weighted by molar-refractivity contribution is 7.89. The van der Waals surface area contributed by atoms with Crippen LogP contribution in [0.5, 0.6) is 0 Å². The average Bonchev–Trinajstić information content (AvgIpc) is 2.99. The van der Waals surface area contributed by atoms with Gasteiger partial charge in [0, 0.05) is 17.8 Å². The Morgan fingerprint density at radius 1 is 1.25 bits per heavy atom. The van der Waals surface area contributed by atoms with E-state index in [1.54, 1.807) is 32.0 Å². The van der Waals surface area contributed by atoms with E-state index in [0.29, 0.717) is 11.3 Å². The smallest absolute Gasteiger partial charge is 0.354 e. The van der Waals surface area contributed by atoms with Gasteiger partial charge in [-0.25, -0.2) is 13.2 Å². The minimum Gasteiger partial charge on any atom is -0.464 e. The number of carbonyl (C=O) groups excluding carboxylic acids is 2. The number of sulfonamides is 1. The van der Waals surface area contributed by atoms with Crippen molar-refractivity contribution in [3.8, 4) is 0 Å². The molecule has 150 valence electrons.